The van der Waals surface area contributed by atoms with Crippen molar-refractivity contribution in [2.75, 3.05) is 12.4 Å². The largest absolute Gasteiger partial charge is 0.489 e. The van der Waals surface area contributed by atoms with Crippen LogP contribution in [0.2, 0.25) is 0 Å². The van der Waals surface area contributed by atoms with Crippen LogP contribution in [0.15, 0.2) is 11.1 Å². The molecule has 5 heteroatoms. The van der Waals surface area contributed by atoms with E-state index in [0.717, 1.165) is 0 Å². The van der Waals surface area contributed by atoms with Crippen LogP contribution in [0.1, 0.15) is 13.8 Å². The molecule has 0 saturated carbocycles. The summed E-state index contributed by atoms with van der Waals surface area (Å²) in [7, 11) is 1.40. The van der Waals surface area contributed by atoms with Gasteiger partial charge in [0.2, 0.25) is 5.75 Å². The highest BCUT2D eigenvalue weighted by molar-refractivity contribution is 5.51. The van der Waals surface area contributed by atoms with Crippen LogP contribution in [0.4, 0.5) is 5.82 Å². The minimum Gasteiger partial charge on any atom is -0.489 e. The van der Waals surface area contributed by atoms with Crippen molar-refractivity contribution >= 4 is 5.82 Å². The molecule has 0 unspecified atom stereocenters. The third kappa shape index (κ3) is 2.50. The van der Waals surface area contributed by atoms with Crippen molar-refractivity contribution in [3.05, 3.63) is 16.7 Å². The van der Waals surface area contributed by atoms with Crippen molar-refractivity contribution in [2.45, 2.75) is 19.4 Å². The Bertz CT molecular complexity index is 443. The number of H-pyrrole nitrogens is 1. The fraction of sp³-hybridized carbons (Fsp3) is 0.400. The van der Waals surface area contributed by atoms with Crippen LogP contribution in [0.3, 0.4) is 0 Å². The Kier molecular flexibility index (Phi) is 3.00. The topological polar surface area (TPSA) is 67.0 Å². The van der Waals surface area contributed by atoms with E-state index in [1.54, 1.807) is 13.8 Å². The molecule has 0 fully saturated rings. The van der Waals surface area contributed by atoms with Gasteiger partial charge in [-0.25, -0.2) is 4.98 Å². The number of hydrogen-bond acceptors (Lipinski definition) is 4. The predicted molar refractivity (Wildman–Crippen MR) is 57.9 cm³/mol. The van der Waals surface area contributed by atoms with Crippen LogP contribution in [0, 0.1) is 12.3 Å². The van der Waals surface area contributed by atoms with Gasteiger partial charge in [-0.1, -0.05) is 5.92 Å². The Morgan fingerprint density at radius 3 is 2.87 bits per heavy atom. The highest BCUT2D eigenvalue weighted by atomic mass is 16.5. The minimum absolute atomic E-state index is 0.126. The van der Waals surface area contributed by atoms with Gasteiger partial charge in [0, 0.05) is 0 Å². The summed E-state index contributed by atoms with van der Waals surface area (Å²) in [6.07, 6.45) is 6.61. The van der Waals surface area contributed by atoms with Crippen LogP contribution in [-0.2, 0) is 0 Å². The van der Waals surface area contributed by atoms with Crippen LogP contribution in [0.25, 0.3) is 0 Å². The standard InChI is InChI=1S/C10H13N3O2/c1-5-10(2,3)13-8-7(15-4)9(14)12-6-11-8/h1,6H,2-4H3,(H2,11,12,13,14). The molecule has 0 atom stereocenters. The zero-order valence-corrected chi connectivity index (χ0v) is 8.92. The average molecular weight is 207 g/mol. The molecular formula is C10H13N3O2. The molecule has 0 radical (unpaired) electrons. The Balaban J connectivity index is 3.12. The summed E-state index contributed by atoms with van der Waals surface area (Å²) in [6, 6.07) is 0. The Hall–Kier alpha value is -1.96. The maximum atomic E-state index is 11.3. The van der Waals surface area contributed by atoms with E-state index >= 15 is 0 Å². The molecule has 1 rings (SSSR count). The molecule has 0 aromatic carbocycles. The summed E-state index contributed by atoms with van der Waals surface area (Å²) >= 11 is 0. The number of hydrogen-bond donors (Lipinski definition) is 2. The highest BCUT2D eigenvalue weighted by Gasteiger charge is 2.18. The first-order valence-electron chi connectivity index (χ1n) is 4.38. The minimum atomic E-state index is -0.589. The first-order chi connectivity index (χ1) is 7.00. The lowest BCUT2D eigenvalue weighted by molar-refractivity contribution is 0.407. The third-order valence-corrected chi connectivity index (χ3v) is 1.81. The maximum absolute atomic E-state index is 11.3. The smallest absolute Gasteiger partial charge is 0.295 e. The number of ether oxygens (including phenoxy) is 1. The second-order valence-corrected chi connectivity index (χ2v) is 3.51. The number of aromatic nitrogens is 2. The summed E-state index contributed by atoms with van der Waals surface area (Å²) in [4.78, 5) is 17.7. The Morgan fingerprint density at radius 1 is 1.67 bits per heavy atom. The summed E-state index contributed by atoms with van der Waals surface area (Å²) in [5.74, 6) is 3.00. The van der Waals surface area contributed by atoms with Gasteiger partial charge >= 0.3 is 0 Å². The number of rotatable bonds is 3. The van der Waals surface area contributed by atoms with Crippen LogP contribution >= 0.6 is 0 Å². The molecule has 15 heavy (non-hydrogen) atoms. The average Bonchev–Trinajstić information content (AvgIpc) is 2.18. The number of nitrogens with one attached hydrogen (secondary N) is 2. The fourth-order valence-corrected chi connectivity index (χ4v) is 0.998. The molecule has 1 heterocycles. The molecule has 0 aliphatic carbocycles. The predicted octanol–water partition coefficient (Wildman–Crippen LogP) is 0.602. The second kappa shape index (κ2) is 4.05. The Morgan fingerprint density at radius 2 is 2.33 bits per heavy atom. The monoisotopic (exact) mass is 207 g/mol. The van der Waals surface area contributed by atoms with E-state index in [1.165, 1.54) is 13.4 Å². The first kappa shape index (κ1) is 11.1. The van der Waals surface area contributed by atoms with E-state index < -0.39 is 5.54 Å². The second-order valence-electron chi connectivity index (χ2n) is 3.51. The van der Waals surface area contributed by atoms with Gasteiger partial charge in [0.15, 0.2) is 5.82 Å². The van der Waals surface area contributed by atoms with Crippen molar-refractivity contribution in [3.8, 4) is 18.1 Å². The van der Waals surface area contributed by atoms with E-state index in [-0.39, 0.29) is 11.3 Å². The lowest BCUT2D eigenvalue weighted by Crippen LogP contribution is -2.30. The van der Waals surface area contributed by atoms with Gasteiger partial charge in [0.25, 0.3) is 5.56 Å². The van der Waals surface area contributed by atoms with E-state index in [0.29, 0.717) is 5.82 Å². The van der Waals surface area contributed by atoms with Crippen molar-refractivity contribution in [3.63, 3.8) is 0 Å². The molecule has 0 aliphatic rings. The van der Waals surface area contributed by atoms with Gasteiger partial charge in [0.1, 0.15) is 0 Å². The highest BCUT2D eigenvalue weighted by Crippen LogP contribution is 2.18. The quantitative estimate of drug-likeness (QED) is 0.712. The number of methoxy groups -OCH3 is 1. The maximum Gasteiger partial charge on any atom is 0.295 e. The molecule has 0 saturated heterocycles. The van der Waals surface area contributed by atoms with Gasteiger partial charge in [-0.2, -0.15) is 0 Å². The van der Waals surface area contributed by atoms with Crippen molar-refractivity contribution in [1.82, 2.24) is 9.97 Å². The van der Waals surface area contributed by atoms with Gasteiger partial charge in [-0.3, -0.25) is 4.79 Å². The van der Waals surface area contributed by atoms with Gasteiger partial charge in [-0.05, 0) is 13.8 Å². The van der Waals surface area contributed by atoms with Crippen molar-refractivity contribution in [2.24, 2.45) is 0 Å². The van der Waals surface area contributed by atoms with E-state index in [1.807, 2.05) is 0 Å². The van der Waals surface area contributed by atoms with E-state index in [2.05, 4.69) is 21.2 Å². The molecule has 5 nitrogen and oxygen atoms in total. The SMILES string of the molecule is C#CC(C)(C)Nc1nc[nH]c(=O)c1OC. The van der Waals surface area contributed by atoms with E-state index in [4.69, 9.17) is 11.2 Å². The van der Waals surface area contributed by atoms with Crippen LogP contribution < -0.4 is 15.6 Å². The first-order valence-corrected chi connectivity index (χ1v) is 4.38. The zero-order valence-electron chi connectivity index (χ0n) is 8.92. The molecule has 1 aromatic rings. The number of aromatic amines is 1. The molecule has 0 aliphatic heterocycles. The molecule has 0 spiro atoms. The molecule has 0 amide bonds. The lowest BCUT2D eigenvalue weighted by Gasteiger charge is -2.20. The number of terminal acetylenes is 1. The lowest BCUT2D eigenvalue weighted by atomic mass is 10.1. The van der Waals surface area contributed by atoms with Gasteiger partial charge < -0.3 is 15.0 Å². The summed E-state index contributed by atoms with van der Waals surface area (Å²) in [5, 5.41) is 2.94. The van der Waals surface area contributed by atoms with Crippen molar-refractivity contribution in [1.29, 1.82) is 0 Å². The van der Waals surface area contributed by atoms with Gasteiger partial charge in [-0.15, -0.1) is 6.42 Å². The molecular weight excluding hydrogens is 194 g/mol. The summed E-state index contributed by atoms with van der Waals surface area (Å²) in [5.41, 5.74) is -0.934. The number of anilines is 1. The third-order valence-electron chi connectivity index (χ3n) is 1.81. The van der Waals surface area contributed by atoms with Crippen molar-refractivity contribution < 1.29 is 4.74 Å². The molecule has 1 aromatic heterocycles. The fourth-order valence-electron chi connectivity index (χ4n) is 0.998. The summed E-state index contributed by atoms with van der Waals surface area (Å²) in [6.45, 7) is 3.60. The van der Waals surface area contributed by atoms with Gasteiger partial charge in [0.05, 0.1) is 19.0 Å². The van der Waals surface area contributed by atoms with Crippen LogP contribution in [0.5, 0.6) is 5.75 Å². The summed E-state index contributed by atoms with van der Waals surface area (Å²) < 4.78 is 4.93. The number of nitrogens with zero attached hydrogens (tertiary/aromatic N) is 1. The Labute approximate surface area is 87.9 Å². The molecule has 80 valence electrons. The van der Waals surface area contributed by atoms with Crippen LogP contribution in [-0.4, -0.2) is 22.6 Å². The normalized spacial score (nSPS) is 10.5. The van der Waals surface area contributed by atoms with E-state index in [9.17, 15) is 4.79 Å². The molecule has 0 bridgehead atoms. The molecule has 2 N–H and O–H groups in total. The zero-order chi connectivity index (χ0) is 11.5.